The van der Waals surface area contributed by atoms with Crippen LogP contribution in [-0.4, -0.2) is 96.7 Å². The van der Waals surface area contributed by atoms with E-state index in [0.29, 0.717) is 31.6 Å². The van der Waals surface area contributed by atoms with Crippen LogP contribution >= 0.6 is 15.6 Å². The molecule has 17 nitrogen and oxygen atoms in total. The third-order valence-corrected chi connectivity index (χ3v) is 19.5. The quantitative estimate of drug-likeness (QED) is 0.0222. The van der Waals surface area contributed by atoms with Gasteiger partial charge in [0.25, 0.3) is 0 Å². The fraction of sp³-hybridized carbons (Fsp3) is 0.947. The van der Waals surface area contributed by atoms with Crippen molar-refractivity contribution in [3.05, 3.63) is 0 Å². The van der Waals surface area contributed by atoms with Crippen LogP contribution in [0, 0.1) is 17.8 Å². The summed E-state index contributed by atoms with van der Waals surface area (Å²) in [5, 5.41) is 10.6. The molecule has 0 aliphatic carbocycles. The van der Waals surface area contributed by atoms with E-state index in [4.69, 9.17) is 37.0 Å². The minimum absolute atomic E-state index is 0.106. The van der Waals surface area contributed by atoms with Crippen molar-refractivity contribution in [2.45, 2.75) is 407 Å². The van der Waals surface area contributed by atoms with E-state index in [9.17, 15) is 43.2 Å². The van der Waals surface area contributed by atoms with Crippen LogP contribution in [0.25, 0.3) is 0 Å². The molecule has 0 spiro atoms. The maximum atomic E-state index is 13.1. The van der Waals surface area contributed by atoms with Crippen LogP contribution in [0.1, 0.15) is 389 Å². The second-order valence-electron chi connectivity index (χ2n) is 28.8. The molecule has 0 bridgehead atoms. The van der Waals surface area contributed by atoms with E-state index in [2.05, 4.69) is 48.5 Å². The zero-order chi connectivity index (χ0) is 70.1. The molecule has 0 amide bonds. The Labute approximate surface area is 581 Å². The van der Waals surface area contributed by atoms with Crippen LogP contribution in [0.15, 0.2) is 0 Å². The third kappa shape index (κ3) is 70.3. The van der Waals surface area contributed by atoms with Crippen molar-refractivity contribution in [1.29, 1.82) is 0 Å². The number of phosphoric acid groups is 2. The number of carbonyl (C=O) groups is 4. The number of rotatable bonds is 74. The van der Waals surface area contributed by atoms with Gasteiger partial charge in [0.2, 0.25) is 0 Å². The van der Waals surface area contributed by atoms with E-state index >= 15 is 0 Å². The molecular weight excluding hydrogens is 1250 g/mol. The molecule has 0 rings (SSSR count). The number of esters is 4. The van der Waals surface area contributed by atoms with Gasteiger partial charge >= 0.3 is 39.5 Å². The van der Waals surface area contributed by atoms with Crippen LogP contribution in [0.3, 0.4) is 0 Å². The Morgan fingerprint density at radius 1 is 0.284 bits per heavy atom. The van der Waals surface area contributed by atoms with Gasteiger partial charge in [-0.15, -0.1) is 0 Å². The first kappa shape index (κ1) is 93.1. The molecule has 0 fully saturated rings. The highest BCUT2D eigenvalue weighted by Gasteiger charge is 2.30. The molecular formula is C76H148O17P2. The lowest BCUT2D eigenvalue weighted by molar-refractivity contribution is -0.161. The molecule has 5 atom stereocenters. The first-order chi connectivity index (χ1) is 45.7. The Morgan fingerprint density at radius 2 is 0.484 bits per heavy atom. The minimum atomic E-state index is -4.96. The molecule has 564 valence electrons. The summed E-state index contributed by atoms with van der Waals surface area (Å²) < 4.78 is 68.5. The van der Waals surface area contributed by atoms with Gasteiger partial charge in [-0.05, 0) is 43.4 Å². The number of aliphatic hydroxyl groups is 1. The van der Waals surface area contributed by atoms with E-state index < -0.39 is 97.5 Å². The molecule has 0 saturated carbocycles. The van der Waals surface area contributed by atoms with E-state index in [1.54, 1.807) is 0 Å². The van der Waals surface area contributed by atoms with Gasteiger partial charge < -0.3 is 33.8 Å². The summed E-state index contributed by atoms with van der Waals surface area (Å²) in [6.07, 6.45) is 52.8. The molecule has 3 N–H and O–H groups in total. The second kappa shape index (κ2) is 66.6. The van der Waals surface area contributed by atoms with Crippen LogP contribution in [0.2, 0.25) is 0 Å². The fourth-order valence-electron chi connectivity index (χ4n) is 11.6. The van der Waals surface area contributed by atoms with E-state index in [1.807, 2.05) is 0 Å². The van der Waals surface area contributed by atoms with Gasteiger partial charge in [-0.2, -0.15) is 0 Å². The molecule has 0 saturated heterocycles. The van der Waals surface area contributed by atoms with Gasteiger partial charge in [0.1, 0.15) is 19.3 Å². The Hall–Kier alpha value is -1.94. The van der Waals surface area contributed by atoms with E-state index in [0.717, 1.165) is 108 Å². The van der Waals surface area contributed by atoms with Crippen molar-refractivity contribution in [3.8, 4) is 0 Å². The van der Waals surface area contributed by atoms with E-state index in [-0.39, 0.29) is 25.7 Å². The van der Waals surface area contributed by atoms with Crippen LogP contribution in [0.5, 0.6) is 0 Å². The maximum Gasteiger partial charge on any atom is 0.472 e. The summed E-state index contributed by atoms with van der Waals surface area (Å²) >= 11 is 0. The van der Waals surface area contributed by atoms with Crippen LogP contribution in [-0.2, 0) is 65.4 Å². The molecule has 0 radical (unpaired) electrons. The molecule has 0 aromatic rings. The highest BCUT2D eigenvalue weighted by Crippen LogP contribution is 2.45. The molecule has 0 aromatic heterocycles. The number of phosphoric ester groups is 2. The molecule has 95 heavy (non-hydrogen) atoms. The van der Waals surface area contributed by atoms with Crippen LogP contribution in [0.4, 0.5) is 0 Å². The van der Waals surface area contributed by atoms with E-state index in [1.165, 1.54) is 193 Å². The topological polar surface area (TPSA) is 237 Å². The SMILES string of the molecule is CCCCCCCCCCCCCCC(=O)O[C@H](COC(=O)CCCCCCCCC(C)C)COP(=O)(O)OC[C@H](O)COP(=O)(O)OC[C@@H](COC(=O)CCCCCCCCCCCCCCCC(C)C)OC(=O)CCCCCCCCCCCCCCCCCC(C)C. The van der Waals surface area contributed by atoms with Crippen molar-refractivity contribution < 1.29 is 80.2 Å². The van der Waals surface area contributed by atoms with Gasteiger partial charge in [-0.1, -0.05) is 337 Å². The zero-order valence-corrected chi connectivity index (χ0v) is 63.9. The van der Waals surface area contributed by atoms with Gasteiger partial charge in [0.15, 0.2) is 12.2 Å². The number of carbonyl (C=O) groups excluding carboxylic acids is 4. The Bertz CT molecular complexity index is 1850. The number of hydrogen-bond donors (Lipinski definition) is 3. The largest absolute Gasteiger partial charge is 0.472 e. The van der Waals surface area contributed by atoms with Gasteiger partial charge in [-0.25, -0.2) is 9.13 Å². The number of hydrogen-bond acceptors (Lipinski definition) is 15. The van der Waals surface area contributed by atoms with Gasteiger partial charge in [0, 0.05) is 25.7 Å². The number of ether oxygens (including phenoxy) is 4. The lowest BCUT2D eigenvalue weighted by Crippen LogP contribution is -2.30. The summed E-state index contributed by atoms with van der Waals surface area (Å²) in [4.78, 5) is 72.8. The van der Waals surface area contributed by atoms with Crippen molar-refractivity contribution >= 4 is 39.5 Å². The Balaban J connectivity index is 5.23. The lowest BCUT2D eigenvalue weighted by Gasteiger charge is -2.21. The maximum absolute atomic E-state index is 13.1. The van der Waals surface area contributed by atoms with Crippen LogP contribution < -0.4 is 0 Å². The van der Waals surface area contributed by atoms with Crippen molar-refractivity contribution in [2.24, 2.45) is 17.8 Å². The average molecular weight is 1400 g/mol. The average Bonchev–Trinajstić information content (AvgIpc) is 1.34. The summed E-state index contributed by atoms with van der Waals surface area (Å²) in [6, 6.07) is 0. The summed E-state index contributed by atoms with van der Waals surface area (Å²) in [7, 11) is -9.91. The van der Waals surface area contributed by atoms with Crippen molar-refractivity contribution in [3.63, 3.8) is 0 Å². The molecule has 0 heterocycles. The highest BCUT2D eigenvalue weighted by atomic mass is 31.2. The molecule has 19 heteroatoms. The molecule has 0 aliphatic rings. The minimum Gasteiger partial charge on any atom is -0.462 e. The lowest BCUT2D eigenvalue weighted by atomic mass is 10.0. The standard InChI is InChI=1S/C76H148O17P2/c1-8-9-10-11-12-13-14-25-31-36-45-52-59-75(80)93-72(64-87-74(79)58-51-44-39-38-42-49-56-69(6)7)66-91-95(84,85)89-62-70(77)61-88-94(82,83)90-65-71(63-86-73(78)57-50-43-35-30-26-22-18-20-24-29-34-41-48-55-68(4)5)92-76(81)60-53-46-37-32-27-21-17-15-16-19-23-28-33-40-47-54-67(2)3/h67-72,77H,8-66H2,1-7H3,(H,82,83)(H,84,85)/t70-,71-,72-/m1/s1. The first-order valence-electron chi connectivity index (χ1n) is 39.3. The summed E-state index contributed by atoms with van der Waals surface area (Å²) in [5.41, 5.74) is 0. The van der Waals surface area contributed by atoms with Crippen molar-refractivity contribution in [1.82, 2.24) is 0 Å². The second-order valence-corrected chi connectivity index (χ2v) is 31.7. The van der Waals surface area contributed by atoms with Gasteiger partial charge in [-0.3, -0.25) is 37.3 Å². The monoisotopic (exact) mass is 1400 g/mol. The summed E-state index contributed by atoms with van der Waals surface area (Å²) in [6.45, 7) is 11.9. The zero-order valence-electron chi connectivity index (χ0n) is 62.1. The fourth-order valence-corrected chi connectivity index (χ4v) is 13.2. The third-order valence-electron chi connectivity index (χ3n) is 17.6. The smallest absolute Gasteiger partial charge is 0.462 e. The predicted octanol–water partition coefficient (Wildman–Crippen LogP) is 22.2. The normalized spacial score (nSPS) is 14.1. The number of aliphatic hydroxyl groups excluding tert-OH is 1. The Kier molecular flexibility index (Phi) is 65.2. The predicted molar refractivity (Wildman–Crippen MR) is 386 cm³/mol. The number of unbranched alkanes of at least 4 members (excludes halogenated alkanes) is 42. The van der Waals surface area contributed by atoms with Crippen molar-refractivity contribution in [2.75, 3.05) is 39.6 Å². The summed E-state index contributed by atoms with van der Waals surface area (Å²) in [5.74, 6) is 0.155. The Morgan fingerprint density at radius 3 is 0.716 bits per heavy atom. The molecule has 2 unspecified atom stereocenters. The first-order valence-corrected chi connectivity index (χ1v) is 42.3. The van der Waals surface area contributed by atoms with Gasteiger partial charge in [0.05, 0.1) is 26.4 Å². The molecule has 0 aliphatic heterocycles. The highest BCUT2D eigenvalue weighted by molar-refractivity contribution is 7.47. The molecule has 0 aromatic carbocycles.